The van der Waals surface area contributed by atoms with Crippen LogP contribution in [-0.4, -0.2) is 18.4 Å². The van der Waals surface area contributed by atoms with E-state index in [9.17, 15) is 14.0 Å². The quantitative estimate of drug-likeness (QED) is 0.825. The third-order valence-corrected chi connectivity index (χ3v) is 4.37. The van der Waals surface area contributed by atoms with Crippen molar-refractivity contribution in [2.24, 2.45) is 0 Å². The summed E-state index contributed by atoms with van der Waals surface area (Å²) in [5.41, 5.74) is 2.18. The van der Waals surface area contributed by atoms with Gasteiger partial charge in [-0.15, -0.1) is 0 Å². The lowest BCUT2D eigenvalue weighted by Crippen LogP contribution is -2.32. The molecule has 0 aliphatic heterocycles. The van der Waals surface area contributed by atoms with Crippen LogP contribution in [-0.2, 0) is 9.59 Å². The Bertz CT molecular complexity index is 764. The number of carbonyl (C=O) groups excluding carboxylic acids is 2. The molecule has 0 unspecified atom stereocenters. The van der Waals surface area contributed by atoms with Crippen LogP contribution in [0.3, 0.4) is 0 Å². The van der Waals surface area contributed by atoms with Crippen LogP contribution in [0.25, 0.3) is 0 Å². The van der Waals surface area contributed by atoms with Crippen LogP contribution in [0.5, 0.6) is 0 Å². The number of hydrogen-bond acceptors (Lipinski definition) is 2. The maximum atomic E-state index is 13.1. The van der Waals surface area contributed by atoms with Crippen molar-refractivity contribution in [2.45, 2.75) is 20.3 Å². The zero-order valence-corrected chi connectivity index (χ0v) is 15.1. The summed E-state index contributed by atoms with van der Waals surface area (Å²) in [5, 5.41) is 2.62. The molecular weight excluding hydrogens is 375 g/mol. The lowest BCUT2D eigenvalue weighted by molar-refractivity contribution is -0.117. The van der Waals surface area contributed by atoms with E-state index in [0.29, 0.717) is 5.69 Å². The zero-order chi connectivity index (χ0) is 17.7. The first kappa shape index (κ1) is 18.1. The second-order valence-electron chi connectivity index (χ2n) is 5.41. The van der Waals surface area contributed by atoms with Gasteiger partial charge in [-0.3, -0.25) is 9.59 Å². The van der Waals surface area contributed by atoms with Crippen molar-refractivity contribution >= 4 is 39.1 Å². The lowest BCUT2D eigenvalue weighted by Gasteiger charge is -2.21. The minimum absolute atomic E-state index is 0.113. The van der Waals surface area contributed by atoms with Crippen molar-refractivity contribution in [3.8, 4) is 0 Å². The molecule has 0 fully saturated rings. The summed E-state index contributed by atoms with van der Waals surface area (Å²) in [6.07, 6.45) is 0.113. The summed E-state index contributed by atoms with van der Waals surface area (Å²) in [4.78, 5) is 25.4. The first-order chi connectivity index (χ1) is 11.4. The van der Waals surface area contributed by atoms with Gasteiger partial charge in [0.15, 0.2) is 0 Å². The van der Waals surface area contributed by atoms with Gasteiger partial charge in [0.1, 0.15) is 5.82 Å². The second-order valence-corrected chi connectivity index (χ2v) is 6.27. The predicted octanol–water partition coefficient (Wildman–Crippen LogP) is 4.28. The third-order valence-electron chi connectivity index (χ3n) is 3.52. The predicted molar refractivity (Wildman–Crippen MR) is 96.6 cm³/mol. The number of rotatable bonds is 5. The van der Waals surface area contributed by atoms with Crippen LogP contribution in [0.15, 0.2) is 46.9 Å². The molecular formula is C18H18BrFN2O2. The Hall–Kier alpha value is -2.21. The van der Waals surface area contributed by atoms with Crippen molar-refractivity contribution in [2.75, 3.05) is 16.8 Å². The van der Waals surface area contributed by atoms with E-state index >= 15 is 0 Å². The van der Waals surface area contributed by atoms with Crippen molar-refractivity contribution in [1.82, 2.24) is 0 Å². The average molecular weight is 393 g/mol. The van der Waals surface area contributed by atoms with Gasteiger partial charge in [-0.1, -0.05) is 28.1 Å². The molecule has 2 rings (SSSR count). The van der Waals surface area contributed by atoms with Gasteiger partial charge in [-0.2, -0.15) is 0 Å². The summed E-state index contributed by atoms with van der Waals surface area (Å²) in [6.45, 7) is 3.66. The van der Waals surface area contributed by atoms with Crippen molar-refractivity contribution in [3.63, 3.8) is 0 Å². The first-order valence-corrected chi connectivity index (χ1v) is 8.26. The molecule has 0 aliphatic rings. The number of nitrogens with zero attached hydrogens (tertiary/aromatic N) is 1. The standard InChI is InChI=1S/C18H18BrFN2O2/c1-12-6-7-16(11-17(12)19)22(13(2)23)9-8-18(24)21-15-5-3-4-14(20)10-15/h3-7,10-11H,8-9H2,1-2H3,(H,21,24). The SMILES string of the molecule is CC(=O)N(CCC(=O)Nc1cccc(F)c1)c1ccc(C)c(Br)c1. The van der Waals surface area contributed by atoms with Gasteiger partial charge in [0.05, 0.1) is 0 Å². The van der Waals surface area contributed by atoms with Crippen LogP contribution in [0.1, 0.15) is 18.9 Å². The molecule has 1 N–H and O–H groups in total. The fraction of sp³-hybridized carbons (Fsp3) is 0.222. The fourth-order valence-corrected chi connectivity index (χ4v) is 2.59. The van der Waals surface area contributed by atoms with Gasteiger partial charge in [0.2, 0.25) is 11.8 Å². The molecule has 2 amide bonds. The number of nitrogens with one attached hydrogen (secondary N) is 1. The molecule has 0 aromatic heterocycles. The van der Waals surface area contributed by atoms with E-state index in [1.807, 2.05) is 25.1 Å². The minimum atomic E-state index is -0.414. The van der Waals surface area contributed by atoms with Crippen LogP contribution in [0, 0.1) is 12.7 Å². The molecule has 2 aromatic rings. The number of halogens is 2. The molecule has 0 saturated carbocycles. The van der Waals surface area contributed by atoms with Crippen LogP contribution in [0.4, 0.5) is 15.8 Å². The molecule has 0 heterocycles. The summed E-state index contributed by atoms with van der Waals surface area (Å²) < 4.78 is 14.0. The Morgan fingerprint density at radius 3 is 2.58 bits per heavy atom. The molecule has 0 aliphatic carbocycles. The average Bonchev–Trinajstić information content (AvgIpc) is 2.50. The Morgan fingerprint density at radius 1 is 1.21 bits per heavy atom. The molecule has 2 aromatic carbocycles. The first-order valence-electron chi connectivity index (χ1n) is 7.46. The second kappa shape index (κ2) is 8.06. The number of amides is 2. The van der Waals surface area contributed by atoms with E-state index < -0.39 is 5.82 Å². The highest BCUT2D eigenvalue weighted by atomic mass is 79.9. The molecule has 24 heavy (non-hydrogen) atoms. The molecule has 0 atom stereocenters. The number of hydrogen-bond donors (Lipinski definition) is 1. The highest BCUT2D eigenvalue weighted by Gasteiger charge is 2.14. The molecule has 0 saturated heterocycles. The van der Waals surface area contributed by atoms with Crippen LogP contribution < -0.4 is 10.2 Å². The molecule has 0 spiro atoms. The Balaban J connectivity index is 2.02. The van der Waals surface area contributed by atoms with Gasteiger partial charge < -0.3 is 10.2 Å². The molecule has 0 radical (unpaired) electrons. The smallest absolute Gasteiger partial charge is 0.226 e. The van der Waals surface area contributed by atoms with Crippen molar-refractivity contribution in [1.29, 1.82) is 0 Å². The van der Waals surface area contributed by atoms with Gasteiger partial charge >= 0.3 is 0 Å². The van der Waals surface area contributed by atoms with E-state index in [-0.39, 0.29) is 24.8 Å². The molecule has 0 bridgehead atoms. The van der Waals surface area contributed by atoms with Crippen molar-refractivity contribution in [3.05, 3.63) is 58.3 Å². The van der Waals surface area contributed by atoms with Crippen LogP contribution in [0.2, 0.25) is 0 Å². The minimum Gasteiger partial charge on any atom is -0.326 e. The maximum Gasteiger partial charge on any atom is 0.226 e. The van der Waals surface area contributed by atoms with Gasteiger partial charge in [0, 0.05) is 35.7 Å². The molecule has 6 heteroatoms. The topological polar surface area (TPSA) is 49.4 Å². The Kier molecular flexibility index (Phi) is 6.09. The number of anilines is 2. The third kappa shape index (κ3) is 4.89. The molecule has 4 nitrogen and oxygen atoms in total. The van der Waals surface area contributed by atoms with Gasteiger partial charge in [0.25, 0.3) is 0 Å². The monoisotopic (exact) mass is 392 g/mol. The largest absolute Gasteiger partial charge is 0.326 e. The Morgan fingerprint density at radius 2 is 1.96 bits per heavy atom. The van der Waals surface area contributed by atoms with Gasteiger partial charge in [-0.25, -0.2) is 4.39 Å². The summed E-state index contributed by atoms with van der Waals surface area (Å²) in [7, 11) is 0. The number of benzene rings is 2. The van der Waals surface area contributed by atoms with E-state index in [4.69, 9.17) is 0 Å². The summed E-state index contributed by atoms with van der Waals surface area (Å²) in [6, 6.07) is 11.3. The summed E-state index contributed by atoms with van der Waals surface area (Å²) >= 11 is 3.44. The van der Waals surface area contributed by atoms with E-state index in [1.165, 1.54) is 30.0 Å². The number of aryl methyl sites for hydroxylation is 1. The maximum absolute atomic E-state index is 13.1. The van der Waals surface area contributed by atoms with E-state index in [2.05, 4.69) is 21.2 Å². The normalized spacial score (nSPS) is 10.3. The summed E-state index contributed by atoms with van der Waals surface area (Å²) in [5.74, 6) is -0.843. The fourth-order valence-electron chi connectivity index (χ4n) is 2.22. The molecule has 126 valence electrons. The highest BCUT2D eigenvalue weighted by Crippen LogP contribution is 2.24. The van der Waals surface area contributed by atoms with Crippen LogP contribution >= 0.6 is 15.9 Å². The van der Waals surface area contributed by atoms with E-state index in [0.717, 1.165) is 15.7 Å². The highest BCUT2D eigenvalue weighted by molar-refractivity contribution is 9.10. The van der Waals surface area contributed by atoms with E-state index in [1.54, 1.807) is 6.07 Å². The zero-order valence-electron chi connectivity index (χ0n) is 13.5. The van der Waals surface area contributed by atoms with Crippen molar-refractivity contribution < 1.29 is 14.0 Å². The van der Waals surface area contributed by atoms with Gasteiger partial charge in [-0.05, 0) is 42.8 Å². The lowest BCUT2D eigenvalue weighted by atomic mass is 10.2. The number of carbonyl (C=O) groups is 2. The Labute approximate surface area is 148 Å².